The summed E-state index contributed by atoms with van der Waals surface area (Å²) in [6.07, 6.45) is 1.70. The number of pyridine rings is 1. The number of rotatable bonds is 3. The molecule has 0 spiro atoms. The number of hydrogen-bond acceptors (Lipinski definition) is 4. The third-order valence-corrected chi connectivity index (χ3v) is 4.35. The van der Waals surface area contributed by atoms with Gasteiger partial charge in [-0.3, -0.25) is 0 Å². The minimum Gasteiger partial charge on any atom is -0.352 e. The van der Waals surface area contributed by atoms with E-state index in [9.17, 15) is 10.1 Å². The Balaban J connectivity index is 1.58. The number of aromatic nitrogens is 1. The molecule has 3 rings (SSSR count). The summed E-state index contributed by atoms with van der Waals surface area (Å²) in [5.74, 6) is 0.703. The van der Waals surface area contributed by atoms with Crippen LogP contribution in [0.4, 0.5) is 10.6 Å². The zero-order chi connectivity index (χ0) is 17.6. The molecule has 2 heterocycles. The highest BCUT2D eigenvalue weighted by atomic mass is 16.2. The first-order valence-corrected chi connectivity index (χ1v) is 8.33. The van der Waals surface area contributed by atoms with Crippen molar-refractivity contribution in [2.24, 2.45) is 0 Å². The van der Waals surface area contributed by atoms with E-state index in [-0.39, 0.29) is 6.03 Å². The molecule has 0 aliphatic carbocycles. The van der Waals surface area contributed by atoms with Crippen LogP contribution in [0.3, 0.4) is 0 Å². The molecule has 0 bridgehead atoms. The van der Waals surface area contributed by atoms with Gasteiger partial charge in [-0.1, -0.05) is 30.3 Å². The maximum Gasteiger partial charge on any atom is 0.320 e. The molecule has 1 aromatic carbocycles. The predicted molar refractivity (Wildman–Crippen MR) is 96.0 cm³/mol. The lowest BCUT2D eigenvalue weighted by molar-refractivity contribution is 0.157. The van der Waals surface area contributed by atoms with E-state index in [1.165, 1.54) is 0 Å². The molecular weight excluding hydrogens is 314 g/mol. The lowest BCUT2D eigenvalue weighted by Crippen LogP contribution is -2.52. The fraction of sp³-hybridized carbons (Fsp3) is 0.316. The molecule has 2 amide bonds. The SMILES string of the molecule is CN(Cc1ccccc1)C(=O)N1CCN(c2ncccc2C#N)CC1. The van der Waals surface area contributed by atoms with Gasteiger partial charge in [0.15, 0.2) is 0 Å². The van der Waals surface area contributed by atoms with Crippen molar-refractivity contribution in [3.8, 4) is 6.07 Å². The third-order valence-electron chi connectivity index (χ3n) is 4.35. The number of benzene rings is 1. The van der Waals surface area contributed by atoms with Gasteiger partial charge < -0.3 is 14.7 Å². The molecule has 1 aliphatic rings. The summed E-state index contributed by atoms with van der Waals surface area (Å²) < 4.78 is 0. The number of carbonyl (C=O) groups excluding carboxylic acids is 1. The van der Waals surface area contributed by atoms with Gasteiger partial charge in [-0.05, 0) is 17.7 Å². The summed E-state index contributed by atoms with van der Waals surface area (Å²) >= 11 is 0. The average molecular weight is 335 g/mol. The van der Waals surface area contributed by atoms with Gasteiger partial charge in [0.2, 0.25) is 0 Å². The summed E-state index contributed by atoms with van der Waals surface area (Å²) in [5.41, 5.74) is 1.69. The molecule has 0 saturated carbocycles. The molecule has 6 nitrogen and oxygen atoms in total. The largest absolute Gasteiger partial charge is 0.352 e. The molecule has 1 saturated heterocycles. The van der Waals surface area contributed by atoms with E-state index < -0.39 is 0 Å². The molecular formula is C19H21N5O. The van der Waals surface area contributed by atoms with Crippen LogP contribution in [0.5, 0.6) is 0 Å². The molecule has 25 heavy (non-hydrogen) atoms. The summed E-state index contributed by atoms with van der Waals surface area (Å²) in [7, 11) is 1.83. The Morgan fingerprint density at radius 1 is 1.16 bits per heavy atom. The Bertz CT molecular complexity index is 763. The standard InChI is InChI=1S/C19H21N5O/c1-22(15-16-6-3-2-4-7-16)19(25)24-12-10-23(11-13-24)18-17(14-20)8-5-9-21-18/h2-9H,10-13,15H2,1H3. The summed E-state index contributed by atoms with van der Waals surface area (Å²) in [6.45, 7) is 3.20. The lowest BCUT2D eigenvalue weighted by atomic mass is 10.2. The highest BCUT2D eigenvalue weighted by Crippen LogP contribution is 2.18. The van der Waals surface area contributed by atoms with Crippen LogP contribution >= 0.6 is 0 Å². The maximum atomic E-state index is 12.6. The normalized spacial score (nSPS) is 14.1. The zero-order valence-corrected chi connectivity index (χ0v) is 14.3. The highest BCUT2D eigenvalue weighted by Gasteiger charge is 2.25. The van der Waals surface area contributed by atoms with E-state index in [1.54, 1.807) is 23.2 Å². The maximum absolute atomic E-state index is 12.6. The lowest BCUT2D eigenvalue weighted by Gasteiger charge is -2.37. The van der Waals surface area contributed by atoms with Crippen molar-refractivity contribution in [3.63, 3.8) is 0 Å². The number of anilines is 1. The minimum absolute atomic E-state index is 0.0324. The van der Waals surface area contributed by atoms with Gasteiger partial charge in [0.25, 0.3) is 0 Å². The Hall–Kier alpha value is -3.07. The van der Waals surface area contributed by atoms with Crippen molar-refractivity contribution < 1.29 is 4.79 Å². The number of piperazine rings is 1. The van der Waals surface area contributed by atoms with Gasteiger partial charge in [-0.15, -0.1) is 0 Å². The summed E-state index contributed by atoms with van der Waals surface area (Å²) in [5, 5.41) is 9.21. The zero-order valence-electron chi connectivity index (χ0n) is 14.3. The van der Waals surface area contributed by atoms with Crippen LogP contribution in [0, 0.1) is 11.3 Å². The Labute approximate surface area is 147 Å². The molecule has 2 aromatic rings. The molecule has 1 aliphatic heterocycles. The number of hydrogen-bond donors (Lipinski definition) is 0. The van der Waals surface area contributed by atoms with Crippen molar-refractivity contribution in [2.75, 3.05) is 38.1 Å². The second-order valence-electron chi connectivity index (χ2n) is 6.08. The number of urea groups is 1. The van der Waals surface area contributed by atoms with Gasteiger partial charge >= 0.3 is 6.03 Å². The molecule has 0 unspecified atom stereocenters. The van der Waals surface area contributed by atoms with Crippen molar-refractivity contribution in [1.29, 1.82) is 5.26 Å². The Morgan fingerprint density at radius 3 is 2.56 bits per heavy atom. The highest BCUT2D eigenvalue weighted by molar-refractivity contribution is 5.74. The number of carbonyl (C=O) groups is 1. The van der Waals surface area contributed by atoms with Crippen molar-refractivity contribution in [3.05, 3.63) is 59.8 Å². The van der Waals surface area contributed by atoms with E-state index in [2.05, 4.69) is 16.0 Å². The van der Waals surface area contributed by atoms with Crippen LogP contribution in [0.1, 0.15) is 11.1 Å². The molecule has 0 N–H and O–H groups in total. The topological polar surface area (TPSA) is 63.5 Å². The average Bonchev–Trinajstić information content (AvgIpc) is 2.68. The fourth-order valence-electron chi connectivity index (χ4n) is 3.01. The fourth-order valence-corrected chi connectivity index (χ4v) is 3.01. The number of nitrogens with zero attached hydrogens (tertiary/aromatic N) is 5. The molecule has 0 atom stereocenters. The Kier molecular flexibility index (Phi) is 5.14. The smallest absolute Gasteiger partial charge is 0.320 e. The first-order chi connectivity index (χ1) is 12.2. The molecule has 1 fully saturated rings. The van der Waals surface area contributed by atoms with Gasteiger partial charge in [0.1, 0.15) is 11.9 Å². The number of nitriles is 1. The van der Waals surface area contributed by atoms with E-state index in [1.807, 2.05) is 42.3 Å². The van der Waals surface area contributed by atoms with Crippen LogP contribution in [0.2, 0.25) is 0 Å². The van der Waals surface area contributed by atoms with Gasteiger partial charge in [-0.25, -0.2) is 9.78 Å². The van der Waals surface area contributed by atoms with Crippen LogP contribution < -0.4 is 4.90 Å². The van der Waals surface area contributed by atoms with Crippen molar-refractivity contribution >= 4 is 11.8 Å². The molecule has 128 valence electrons. The predicted octanol–water partition coefficient (Wildman–Crippen LogP) is 2.33. The Morgan fingerprint density at radius 2 is 1.88 bits per heavy atom. The minimum atomic E-state index is 0.0324. The first kappa shape index (κ1) is 16.8. The van der Waals surface area contributed by atoms with Crippen LogP contribution in [-0.4, -0.2) is 54.0 Å². The quantitative estimate of drug-likeness (QED) is 0.863. The van der Waals surface area contributed by atoms with E-state index >= 15 is 0 Å². The van der Waals surface area contributed by atoms with Crippen molar-refractivity contribution in [1.82, 2.24) is 14.8 Å². The summed E-state index contributed by atoms with van der Waals surface area (Å²) in [4.78, 5) is 22.6. The van der Waals surface area contributed by atoms with Crippen LogP contribution in [0.15, 0.2) is 48.7 Å². The molecule has 6 heteroatoms. The van der Waals surface area contributed by atoms with E-state index in [4.69, 9.17) is 0 Å². The molecule has 1 aromatic heterocycles. The van der Waals surface area contributed by atoms with Crippen LogP contribution in [-0.2, 0) is 6.54 Å². The van der Waals surface area contributed by atoms with Crippen molar-refractivity contribution in [2.45, 2.75) is 6.54 Å². The first-order valence-electron chi connectivity index (χ1n) is 8.33. The summed E-state index contributed by atoms with van der Waals surface area (Å²) in [6, 6.07) is 15.7. The second-order valence-corrected chi connectivity index (χ2v) is 6.08. The van der Waals surface area contributed by atoms with Gasteiger partial charge in [0.05, 0.1) is 5.56 Å². The van der Waals surface area contributed by atoms with Gasteiger partial charge in [0, 0.05) is 46.0 Å². The molecule has 0 radical (unpaired) electrons. The third kappa shape index (κ3) is 3.89. The second kappa shape index (κ2) is 7.67. The monoisotopic (exact) mass is 335 g/mol. The van der Waals surface area contributed by atoms with Crippen LogP contribution in [0.25, 0.3) is 0 Å². The van der Waals surface area contributed by atoms with E-state index in [0.29, 0.717) is 44.1 Å². The van der Waals surface area contributed by atoms with E-state index in [0.717, 1.165) is 5.56 Å². The van der Waals surface area contributed by atoms with Gasteiger partial charge in [-0.2, -0.15) is 5.26 Å². The number of amides is 2.